The summed E-state index contributed by atoms with van der Waals surface area (Å²) in [6, 6.07) is 6.45. The molecule has 1 fully saturated rings. The minimum absolute atomic E-state index is 0.102. The van der Waals surface area contributed by atoms with Crippen molar-refractivity contribution in [2.24, 2.45) is 10.9 Å². The Kier molecular flexibility index (Phi) is 4.08. The van der Waals surface area contributed by atoms with Crippen LogP contribution in [-0.2, 0) is 4.79 Å². The van der Waals surface area contributed by atoms with Gasteiger partial charge in [0.1, 0.15) is 5.82 Å². The Hall–Kier alpha value is -2.98. The molecule has 0 spiro atoms. The van der Waals surface area contributed by atoms with E-state index in [-0.39, 0.29) is 35.0 Å². The molecule has 1 aromatic carbocycles. The van der Waals surface area contributed by atoms with Gasteiger partial charge in [-0.15, -0.1) is 0 Å². The van der Waals surface area contributed by atoms with E-state index in [0.717, 1.165) is 18.5 Å². The van der Waals surface area contributed by atoms with Gasteiger partial charge in [-0.05, 0) is 50.8 Å². The van der Waals surface area contributed by atoms with Crippen molar-refractivity contribution < 1.29 is 14.3 Å². The number of carbonyl (C=O) groups is 1. The molecular formula is C20H19FN4O2. The highest BCUT2D eigenvalue weighted by Crippen LogP contribution is 2.41. The third-order valence-corrected chi connectivity index (χ3v) is 5.38. The molecule has 0 aromatic heterocycles. The zero-order valence-corrected chi connectivity index (χ0v) is 15.1. The fourth-order valence-electron chi connectivity index (χ4n) is 3.76. The highest BCUT2D eigenvalue weighted by molar-refractivity contribution is 6.12. The first-order valence-corrected chi connectivity index (χ1v) is 8.91. The van der Waals surface area contributed by atoms with Gasteiger partial charge in [0.15, 0.2) is 5.82 Å². The molecule has 2 aliphatic heterocycles. The van der Waals surface area contributed by atoms with Crippen molar-refractivity contribution in [1.29, 1.82) is 5.26 Å². The fourth-order valence-corrected chi connectivity index (χ4v) is 3.76. The molecule has 138 valence electrons. The number of nitriles is 1. The smallest absolute Gasteiger partial charge is 0.336 e. The van der Waals surface area contributed by atoms with E-state index < -0.39 is 11.8 Å². The first-order chi connectivity index (χ1) is 12.9. The van der Waals surface area contributed by atoms with Crippen molar-refractivity contribution in [3.05, 3.63) is 58.3 Å². The minimum atomic E-state index is -1.03. The molecular weight excluding hydrogens is 347 g/mol. The summed E-state index contributed by atoms with van der Waals surface area (Å²) < 4.78 is 14.4. The van der Waals surface area contributed by atoms with E-state index in [1.165, 1.54) is 18.2 Å². The molecule has 1 N–H and O–H groups in total. The van der Waals surface area contributed by atoms with Crippen molar-refractivity contribution >= 4 is 11.7 Å². The Balaban J connectivity index is 1.83. The minimum Gasteiger partial charge on any atom is -0.478 e. The Morgan fingerprint density at radius 2 is 2.19 bits per heavy atom. The van der Waals surface area contributed by atoms with Crippen LogP contribution in [0.5, 0.6) is 0 Å². The van der Waals surface area contributed by atoms with Crippen molar-refractivity contribution in [3.8, 4) is 6.07 Å². The molecule has 3 aliphatic rings. The van der Waals surface area contributed by atoms with Crippen molar-refractivity contribution in [3.63, 3.8) is 0 Å². The lowest BCUT2D eigenvalue weighted by molar-refractivity contribution is -0.132. The number of allylic oxidation sites excluding steroid dienone is 2. The molecule has 2 heterocycles. The number of nitrogens with zero attached hydrogens (tertiary/aromatic N) is 4. The molecule has 1 aliphatic carbocycles. The number of carboxylic acids is 1. The van der Waals surface area contributed by atoms with Gasteiger partial charge in [-0.2, -0.15) is 5.26 Å². The van der Waals surface area contributed by atoms with Crippen LogP contribution < -0.4 is 0 Å². The SMILES string of the molecule is CC1=CC(c2c(F)cccc2C#N)=NC2=C(C(=O)O)CN([C@@H](C)C3CC3)N12. The number of benzene rings is 1. The van der Waals surface area contributed by atoms with Crippen LogP contribution in [0.3, 0.4) is 0 Å². The Bertz CT molecular complexity index is 969. The number of aliphatic carboxylic acids is 1. The molecule has 1 atom stereocenters. The molecule has 0 amide bonds. The van der Waals surface area contributed by atoms with Crippen LogP contribution in [0.4, 0.5) is 4.39 Å². The zero-order chi connectivity index (χ0) is 19.3. The average Bonchev–Trinajstić information content (AvgIpc) is 3.40. The Labute approximate surface area is 156 Å². The first-order valence-electron chi connectivity index (χ1n) is 8.91. The monoisotopic (exact) mass is 366 g/mol. The summed E-state index contributed by atoms with van der Waals surface area (Å²) in [6.07, 6.45) is 3.99. The molecule has 4 rings (SSSR count). The number of carboxylic acid groups (broad SMARTS) is 1. The lowest BCUT2D eigenvalue weighted by atomic mass is 10.0. The predicted octanol–water partition coefficient (Wildman–Crippen LogP) is 3.03. The van der Waals surface area contributed by atoms with Gasteiger partial charge < -0.3 is 5.11 Å². The van der Waals surface area contributed by atoms with Gasteiger partial charge in [0, 0.05) is 11.7 Å². The molecule has 27 heavy (non-hydrogen) atoms. The Morgan fingerprint density at radius 1 is 1.44 bits per heavy atom. The summed E-state index contributed by atoms with van der Waals surface area (Å²) in [6.45, 7) is 4.20. The maximum atomic E-state index is 14.4. The molecule has 0 unspecified atom stereocenters. The van der Waals surface area contributed by atoms with Gasteiger partial charge in [0.25, 0.3) is 0 Å². The van der Waals surface area contributed by atoms with Gasteiger partial charge in [-0.1, -0.05) is 6.07 Å². The Morgan fingerprint density at radius 3 is 2.81 bits per heavy atom. The number of hydrogen-bond donors (Lipinski definition) is 1. The number of fused-ring (bicyclic) bond motifs is 1. The van der Waals surface area contributed by atoms with Crippen LogP contribution in [0.1, 0.15) is 37.8 Å². The fraction of sp³-hybridized carbons (Fsp3) is 0.350. The van der Waals surface area contributed by atoms with Crippen molar-refractivity contribution in [2.75, 3.05) is 6.54 Å². The molecule has 0 saturated heterocycles. The van der Waals surface area contributed by atoms with E-state index >= 15 is 0 Å². The molecule has 1 aromatic rings. The maximum Gasteiger partial charge on any atom is 0.336 e. The zero-order valence-electron chi connectivity index (χ0n) is 15.1. The van der Waals surface area contributed by atoms with Crippen LogP contribution in [-0.4, -0.2) is 39.4 Å². The number of aliphatic imine (C=N–C) groups is 1. The first kappa shape index (κ1) is 17.4. The molecule has 0 bridgehead atoms. The summed E-state index contributed by atoms with van der Waals surface area (Å²) in [5.41, 5.74) is 1.48. The van der Waals surface area contributed by atoms with Crippen molar-refractivity contribution in [2.45, 2.75) is 32.7 Å². The van der Waals surface area contributed by atoms with E-state index in [9.17, 15) is 19.6 Å². The quantitative estimate of drug-likeness (QED) is 0.886. The lowest BCUT2D eigenvalue weighted by Crippen LogP contribution is -2.44. The second-order valence-corrected chi connectivity index (χ2v) is 7.15. The summed E-state index contributed by atoms with van der Waals surface area (Å²) in [4.78, 5) is 16.3. The normalized spacial score (nSPS) is 20.7. The third-order valence-electron chi connectivity index (χ3n) is 5.38. The van der Waals surface area contributed by atoms with E-state index in [1.54, 1.807) is 6.08 Å². The van der Waals surface area contributed by atoms with Crippen LogP contribution in [0, 0.1) is 23.1 Å². The van der Waals surface area contributed by atoms with Crippen LogP contribution in [0.25, 0.3) is 0 Å². The van der Waals surface area contributed by atoms with Gasteiger partial charge in [-0.25, -0.2) is 19.2 Å². The van der Waals surface area contributed by atoms with E-state index in [1.807, 2.05) is 23.0 Å². The van der Waals surface area contributed by atoms with Crippen molar-refractivity contribution in [1.82, 2.24) is 10.0 Å². The number of hydrazine groups is 1. The molecule has 6 nitrogen and oxygen atoms in total. The number of hydrogen-bond acceptors (Lipinski definition) is 5. The van der Waals surface area contributed by atoms with E-state index in [0.29, 0.717) is 11.7 Å². The molecule has 1 saturated carbocycles. The lowest BCUT2D eigenvalue weighted by Gasteiger charge is -2.37. The maximum absolute atomic E-state index is 14.4. The second kappa shape index (κ2) is 6.32. The van der Waals surface area contributed by atoms with Gasteiger partial charge in [0.05, 0.1) is 35.0 Å². The van der Waals surface area contributed by atoms with E-state index in [4.69, 9.17) is 0 Å². The third kappa shape index (κ3) is 2.82. The summed E-state index contributed by atoms with van der Waals surface area (Å²) in [7, 11) is 0. The average molecular weight is 366 g/mol. The highest BCUT2D eigenvalue weighted by Gasteiger charge is 2.43. The van der Waals surface area contributed by atoms with Gasteiger partial charge >= 0.3 is 5.97 Å². The van der Waals surface area contributed by atoms with Gasteiger partial charge in [-0.3, -0.25) is 5.01 Å². The summed E-state index contributed by atoms with van der Waals surface area (Å²) in [5.74, 6) is -0.734. The standard InChI is InChI=1S/C20H19FN4O2/c1-11-8-17(18-14(9-22)4-3-5-16(18)21)23-19-15(20(26)27)10-24(25(11)19)12(2)13-6-7-13/h3-5,8,12-13H,6-7,10H2,1-2H3,(H,26,27)/t12-/m0/s1. The van der Waals surface area contributed by atoms with Crippen LogP contribution in [0.15, 0.2) is 46.4 Å². The molecule has 0 radical (unpaired) electrons. The molecule has 7 heteroatoms. The highest BCUT2D eigenvalue weighted by atomic mass is 19.1. The number of rotatable bonds is 4. The summed E-state index contributed by atoms with van der Waals surface area (Å²) >= 11 is 0. The van der Waals surface area contributed by atoms with E-state index in [2.05, 4.69) is 11.9 Å². The van der Waals surface area contributed by atoms with Crippen LogP contribution in [0.2, 0.25) is 0 Å². The van der Waals surface area contributed by atoms with Gasteiger partial charge in [0.2, 0.25) is 0 Å². The van der Waals surface area contributed by atoms with Crippen LogP contribution >= 0.6 is 0 Å². The summed E-state index contributed by atoms with van der Waals surface area (Å²) in [5, 5.41) is 22.9. The largest absolute Gasteiger partial charge is 0.478 e. The number of halogens is 1. The predicted molar refractivity (Wildman–Crippen MR) is 96.8 cm³/mol. The second-order valence-electron chi connectivity index (χ2n) is 7.15. The topological polar surface area (TPSA) is 79.9 Å².